The Morgan fingerprint density at radius 1 is 1.22 bits per heavy atom. The summed E-state index contributed by atoms with van der Waals surface area (Å²) in [6, 6.07) is 9.88. The number of pyridine rings is 2. The van der Waals surface area contributed by atoms with Crippen molar-refractivity contribution in [2.45, 2.75) is 31.1 Å². The van der Waals surface area contributed by atoms with E-state index >= 15 is 0 Å². The Bertz CT molecular complexity index is 629. The third-order valence-corrected chi connectivity index (χ3v) is 4.53. The van der Waals surface area contributed by atoms with Gasteiger partial charge in [0.25, 0.3) is 0 Å². The molecule has 2 aliphatic rings. The minimum absolute atomic E-state index is 0.0418. The van der Waals surface area contributed by atoms with Crippen LogP contribution < -0.4 is 4.74 Å². The molecular formula is C18H21N3O2. The highest BCUT2D eigenvalue weighted by atomic mass is 16.5. The smallest absolute Gasteiger partial charge is 0.213 e. The van der Waals surface area contributed by atoms with Crippen LogP contribution in [0.5, 0.6) is 5.88 Å². The van der Waals surface area contributed by atoms with E-state index in [0.29, 0.717) is 5.88 Å². The molecular weight excluding hydrogens is 290 g/mol. The molecule has 1 atom stereocenters. The average Bonchev–Trinajstić information content (AvgIpc) is 2.56. The van der Waals surface area contributed by atoms with Crippen molar-refractivity contribution < 1.29 is 9.47 Å². The first-order chi connectivity index (χ1) is 11.3. The van der Waals surface area contributed by atoms with Gasteiger partial charge in [-0.15, -0.1) is 0 Å². The van der Waals surface area contributed by atoms with Crippen LogP contribution >= 0.6 is 0 Å². The zero-order valence-electron chi connectivity index (χ0n) is 13.1. The molecule has 2 fully saturated rings. The molecule has 1 spiro atoms. The molecule has 0 aliphatic carbocycles. The average molecular weight is 311 g/mol. The second-order valence-corrected chi connectivity index (χ2v) is 6.44. The minimum Gasteiger partial charge on any atom is -0.474 e. The fraction of sp³-hybridized carbons (Fsp3) is 0.444. The lowest BCUT2D eigenvalue weighted by Gasteiger charge is -2.53. The first-order valence-electron chi connectivity index (χ1n) is 8.14. The van der Waals surface area contributed by atoms with E-state index in [1.807, 2.05) is 36.7 Å². The molecule has 4 heterocycles. The maximum atomic E-state index is 6.08. The van der Waals surface area contributed by atoms with E-state index in [1.54, 1.807) is 6.20 Å². The number of likely N-dealkylation sites (tertiary alicyclic amines) is 1. The van der Waals surface area contributed by atoms with Crippen molar-refractivity contribution in [3.63, 3.8) is 0 Å². The van der Waals surface area contributed by atoms with E-state index < -0.39 is 0 Å². The molecule has 2 aromatic rings. The van der Waals surface area contributed by atoms with Gasteiger partial charge in [0.1, 0.15) is 6.10 Å². The van der Waals surface area contributed by atoms with Crippen molar-refractivity contribution in [1.29, 1.82) is 0 Å². The Kier molecular flexibility index (Phi) is 3.97. The highest BCUT2D eigenvalue weighted by molar-refractivity contribution is 5.13. The largest absolute Gasteiger partial charge is 0.474 e. The van der Waals surface area contributed by atoms with E-state index in [-0.39, 0.29) is 11.7 Å². The zero-order valence-corrected chi connectivity index (χ0v) is 13.1. The molecule has 0 amide bonds. The summed E-state index contributed by atoms with van der Waals surface area (Å²) in [6.07, 6.45) is 7.57. The molecule has 4 rings (SSSR count). The Hall–Kier alpha value is -1.98. The van der Waals surface area contributed by atoms with Crippen molar-refractivity contribution in [2.75, 3.05) is 19.7 Å². The third kappa shape index (κ3) is 3.35. The summed E-state index contributed by atoms with van der Waals surface area (Å²) in [5.41, 5.74) is 1.21. The van der Waals surface area contributed by atoms with Crippen LogP contribution in [0, 0.1) is 0 Å². The fourth-order valence-corrected chi connectivity index (χ4v) is 3.52. The van der Waals surface area contributed by atoms with Gasteiger partial charge in [-0.25, -0.2) is 4.98 Å². The number of hydrogen-bond acceptors (Lipinski definition) is 5. The molecule has 2 saturated heterocycles. The third-order valence-electron chi connectivity index (χ3n) is 4.53. The predicted octanol–water partition coefficient (Wildman–Crippen LogP) is 2.29. The summed E-state index contributed by atoms with van der Waals surface area (Å²) in [5, 5.41) is 0. The molecule has 0 radical (unpaired) electrons. The molecule has 0 saturated carbocycles. The van der Waals surface area contributed by atoms with Gasteiger partial charge in [0.15, 0.2) is 0 Å². The van der Waals surface area contributed by atoms with Crippen LogP contribution in [0.4, 0.5) is 0 Å². The fourth-order valence-electron chi connectivity index (χ4n) is 3.52. The monoisotopic (exact) mass is 311 g/mol. The van der Waals surface area contributed by atoms with Crippen LogP contribution in [0.25, 0.3) is 0 Å². The minimum atomic E-state index is -0.0418. The van der Waals surface area contributed by atoms with Crippen molar-refractivity contribution in [1.82, 2.24) is 14.9 Å². The van der Waals surface area contributed by atoms with Gasteiger partial charge < -0.3 is 9.47 Å². The van der Waals surface area contributed by atoms with Gasteiger partial charge in [0.05, 0.1) is 12.2 Å². The SMILES string of the molecule is c1ccc(O[C@@H]2CCOC3(C2)CN(Cc2cccnc2)C3)nc1. The maximum Gasteiger partial charge on any atom is 0.213 e. The van der Waals surface area contributed by atoms with Gasteiger partial charge in [-0.3, -0.25) is 9.88 Å². The predicted molar refractivity (Wildman–Crippen MR) is 86.1 cm³/mol. The summed E-state index contributed by atoms with van der Waals surface area (Å²) in [4.78, 5) is 10.8. The van der Waals surface area contributed by atoms with Crippen molar-refractivity contribution in [3.8, 4) is 5.88 Å². The normalized spacial score (nSPS) is 23.4. The Morgan fingerprint density at radius 3 is 2.96 bits per heavy atom. The van der Waals surface area contributed by atoms with Gasteiger partial charge in [-0.1, -0.05) is 12.1 Å². The van der Waals surface area contributed by atoms with Crippen molar-refractivity contribution in [2.24, 2.45) is 0 Å². The van der Waals surface area contributed by atoms with Crippen molar-refractivity contribution in [3.05, 3.63) is 54.5 Å². The topological polar surface area (TPSA) is 47.5 Å². The molecule has 0 unspecified atom stereocenters. The van der Waals surface area contributed by atoms with E-state index in [9.17, 15) is 0 Å². The summed E-state index contributed by atoms with van der Waals surface area (Å²) in [5.74, 6) is 0.709. The van der Waals surface area contributed by atoms with Gasteiger partial charge in [0, 0.05) is 57.1 Å². The lowest BCUT2D eigenvalue weighted by atomic mass is 9.84. The van der Waals surface area contributed by atoms with E-state index in [1.165, 1.54) is 5.56 Å². The molecule has 2 aromatic heterocycles. The van der Waals surface area contributed by atoms with Crippen LogP contribution in [0.1, 0.15) is 18.4 Å². The maximum absolute atomic E-state index is 6.08. The summed E-state index contributed by atoms with van der Waals surface area (Å²) in [7, 11) is 0. The van der Waals surface area contributed by atoms with E-state index in [4.69, 9.17) is 9.47 Å². The Balaban J connectivity index is 1.32. The highest BCUT2D eigenvalue weighted by Crippen LogP contribution is 2.36. The van der Waals surface area contributed by atoms with Crippen molar-refractivity contribution >= 4 is 0 Å². The number of aromatic nitrogens is 2. The number of hydrogen-bond donors (Lipinski definition) is 0. The van der Waals surface area contributed by atoms with Gasteiger partial charge in [0.2, 0.25) is 5.88 Å². The van der Waals surface area contributed by atoms with Gasteiger partial charge in [-0.05, 0) is 17.7 Å². The molecule has 23 heavy (non-hydrogen) atoms. The molecule has 5 nitrogen and oxygen atoms in total. The van der Waals surface area contributed by atoms with E-state index in [0.717, 1.165) is 39.1 Å². The summed E-state index contributed by atoms with van der Waals surface area (Å²) >= 11 is 0. The highest BCUT2D eigenvalue weighted by Gasteiger charge is 2.48. The Labute approximate surface area is 136 Å². The first-order valence-corrected chi connectivity index (χ1v) is 8.14. The molecule has 120 valence electrons. The number of ether oxygens (including phenoxy) is 2. The lowest BCUT2D eigenvalue weighted by molar-refractivity contribution is -0.188. The molecule has 0 N–H and O–H groups in total. The number of rotatable bonds is 4. The molecule has 2 aliphatic heterocycles. The van der Waals surface area contributed by atoms with Crippen LogP contribution in [-0.4, -0.2) is 46.3 Å². The van der Waals surface area contributed by atoms with Crippen LogP contribution in [0.3, 0.4) is 0 Å². The second kappa shape index (κ2) is 6.26. The Morgan fingerprint density at radius 2 is 2.17 bits per heavy atom. The first kappa shape index (κ1) is 14.6. The molecule has 0 aromatic carbocycles. The van der Waals surface area contributed by atoms with Gasteiger partial charge in [-0.2, -0.15) is 0 Å². The molecule has 5 heteroatoms. The lowest BCUT2D eigenvalue weighted by Crippen LogP contribution is -2.65. The number of nitrogens with zero attached hydrogens (tertiary/aromatic N) is 3. The quantitative estimate of drug-likeness (QED) is 0.867. The summed E-state index contributed by atoms with van der Waals surface area (Å²) < 4.78 is 12.1. The summed E-state index contributed by atoms with van der Waals surface area (Å²) in [6.45, 7) is 3.62. The van der Waals surface area contributed by atoms with E-state index in [2.05, 4.69) is 20.9 Å². The van der Waals surface area contributed by atoms with Crippen LogP contribution in [0.2, 0.25) is 0 Å². The van der Waals surface area contributed by atoms with Gasteiger partial charge >= 0.3 is 0 Å². The zero-order chi connectivity index (χ0) is 15.5. The standard InChI is InChI=1S/C18H21N3O2/c1-2-8-20-17(5-1)23-16-6-9-22-18(10-16)13-21(14-18)12-15-4-3-7-19-11-15/h1-5,7-8,11,16H,6,9-10,12-14H2/t16-/m1/s1. The van der Waals surface area contributed by atoms with Crippen LogP contribution in [-0.2, 0) is 11.3 Å². The second-order valence-electron chi connectivity index (χ2n) is 6.44. The van der Waals surface area contributed by atoms with Crippen LogP contribution in [0.15, 0.2) is 48.9 Å². The molecule has 0 bridgehead atoms.